The Morgan fingerprint density at radius 3 is 2.45 bits per heavy atom. The van der Waals surface area contributed by atoms with E-state index in [1.54, 1.807) is 30.5 Å². The second-order valence-electron chi connectivity index (χ2n) is 7.15. The van der Waals surface area contributed by atoms with Gasteiger partial charge in [0.2, 0.25) is 0 Å². The molecule has 2 heterocycles. The highest BCUT2D eigenvalue weighted by Gasteiger charge is 2.20. The Balaban J connectivity index is 1.64. The summed E-state index contributed by atoms with van der Waals surface area (Å²) in [5, 5.41) is 5.40. The summed E-state index contributed by atoms with van der Waals surface area (Å²) >= 11 is 12.4. The fourth-order valence-electron chi connectivity index (χ4n) is 3.88. The van der Waals surface area contributed by atoms with Gasteiger partial charge in [-0.05, 0) is 31.2 Å². The van der Waals surface area contributed by atoms with Crippen molar-refractivity contribution in [3.05, 3.63) is 94.3 Å². The Kier molecular flexibility index (Phi) is 4.89. The van der Waals surface area contributed by atoms with Crippen molar-refractivity contribution in [1.29, 1.82) is 0 Å². The van der Waals surface area contributed by atoms with E-state index in [1.165, 1.54) is 0 Å². The number of rotatable bonds is 3. The van der Waals surface area contributed by atoms with Crippen LogP contribution in [0, 0.1) is 6.92 Å². The van der Waals surface area contributed by atoms with Crippen LogP contribution in [0.4, 0.5) is 5.69 Å². The number of nitrogens with one attached hydrogen (secondary N) is 1. The predicted octanol–water partition coefficient (Wildman–Crippen LogP) is 7.52. The molecule has 0 aliphatic heterocycles. The molecule has 0 fully saturated rings. The third-order valence-electron chi connectivity index (χ3n) is 5.23. The number of carbonyl (C=O) groups excluding carboxylic acids is 1. The second kappa shape index (κ2) is 7.73. The van der Waals surface area contributed by atoms with E-state index in [1.807, 2.05) is 49.4 Å². The molecule has 0 aliphatic carbocycles. The lowest BCUT2D eigenvalue weighted by atomic mass is 9.99. The normalized spacial score (nSPS) is 11.2. The molecule has 3 aromatic carbocycles. The molecule has 4 nitrogen and oxygen atoms in total. The van der Waals surface area contributed by atoms with Gasteiger partial charge in [0, 0.05) is 28.1 Å². The van der Waals surface area contributed by atoms with Crippen LogP contribution in [0.5, 0.6) is 0 Å². The molecular formula is C25H16Cl2N2O2. The molecule has 152 valence electrons. The Morgan fingerprint density at radius 1 is 0.935 bits per heavy atom. The highest BCUT2D eigenvalue weighted by Crippen LogP contribution is 2.40. The summed E-state index contributed by atoms with van der Waals surface area (Å²) in [7, 11) is 0. The number of benzene rings is 3. The van der Waals surface area contributed by atoms with Gasteiger partial charge in [-0.1, -0.05) is 65.7 Å². The molecular weight excluding hydrogens is 431 g/mol. The van der Waals surface area contributed by atoms with Crippen LogP contribution in [-0.4, -0.2) is 10.9 Å². The van der Waals surface area contributed by atoms with Crippen molar-refractivity contribution in [3.8, 4) is 11.1 Å². The number of amides is 1. The van der Waals surface area contributed by atoms with Gasteiger partial charge in [-0.2, -0.15) is 0 Å². The summed E-state index contributed by atoms with van der Waals surface area (Å²) in [6.07, 6.45) is 1.78. The predicted molar refractivity (Wildman–Crippen MR) is 126 cm³/mol. The van der Waals surface area contributed by atoms with E-state index in [2.05, 4.69) is 10.3 Å². The summed E-state index contributed by atoms with van der Waals surface area (Å²) in [5.41, 5.74) is 4.18. The van der Waals surface area contributed by atoms with Crippen molar-refractivity contribution < 1.29 is 9.21 Å². The quantitative estimate of drug-likeness (QED) is 0.311. The highest BCUT2D eigenvalue weighted by atomic mass is 35.5. The van der Waals surface area contributed by atoms with Crippen molar-refractivity contribution >= 4 is 56.7 Å². The first-order valence-corrected chi connectivity index (χ1v) is 10.4. The number of fused-ring (bicyclic) bond motifs is 2. The standard InChI is InChI=1S/C25H16Cl2N2O2/c1-14-21(16-8-2-6-15-7-5-13-28-23(15)16)17-9-3-12-20(24(17)31-14)29-25(30)22-18(26)10-4-11-19(22)27/h2-13H,1H3,(H,29,30). The van der Waals surface area contributed by atoms with Gasteiger partial charge in [-0.25, -0.2) is 0 Å². The number of carbonyl (C=O) groups is 1. The fraction of sp³-hybridized carbons (Fsp3) is 0.0400. The molecule has 31 heavy (non-hydrogen) atoms. The molecule has 0 unspecified atom stereocenters. The highest BCUT2D eigenvalue weighted by molar-refractivity contribution is 6.40. The number of aryl methyl sites for hydroxylation is 1. The number of pyridine rings is 1. The number of hydrogen-bond acceptors (Lipinski definition) is 3. The molecule has 1 N–H and O–H groups in total. The SMILES string of the molecule is Cc1oc2c(NC(=O)c3c(Cl)cccc3Cl)cccc2c1-c1cccc2cccnc12. The molecule has 5 rings (SSSR count). The minimum atomic E-state index is -0.398. The van der Waals surface area contributed by atoms with E-state index in [-0.39, 0.29) is 15.6 Å². The van der Waals surface area contributed by atoms with Crippen LogP contribution in [0.15, 0.2) is 77.3 Å². The summed E-state index contributed by atoms with van der Waals surface area (Å²) in [5.74, 6) is 0.344. The van der Waals surface area contributed by atoms with Gasteiger partial charge in [0.1, 0.15) is 5.76 Å². The summed E-state index contributed by atoms with van der Waals surface area (Å²) in [6, 6.07) is 20.6. The largest absolute Gasteiger partial charge is 0.459 e. The number of nitrogens with zero attached hydrogens (tertiary/aromatic N) is 1. The van der Waals surface area contributed by atoms with Crippen molar-refractivity contribution in [2.75, 3.05) is 5.32 Å². The molecule has 0 aliphatic rings. The topological polar surface area (TPSA) is 55.1 Å². The molecule has 0 atom stereocenters. The second-order valence-corrected chi connectivity index (χ2v) is 7.96. The smallest absolute Gasteiger partial charge is 0.258 e. The van der Waals surface area contributed by atoms with E-state index in [0.29, 0.717) is 11.3 Å². The first-order valence-electron chi connectivity index (χ1n) is 9.66. The lowest BCUT2D eigenvalue weighted by Gasteiger charge is -2.09. The zero-order valence-electron chi connectivity index (χ0n) is 16.4. The number of hydrogen-bond donors (Lipinski definition) is 1. The molecule has 5 aromatic rings. The minimum Gasteiger partial charge on any atom is -0.459 e. The van der Waals surface area contributed by atoms with Crippen LogP contribution in [0.25, 0.3) is 33.0 Å². The number of para-hydroxylation sites is 2. The van der Waals surface area contributed by atoms with Gasteiger partial charge >= 0.3 is 0 Å². The zero-order chi connectivity index (χ0) is 21.5. The molecule has 0 spiro atoms. The van der Waals surface area contributed by atoms with E-state index < -0.39 is 5.91 Å². The van der Waals surface area contributed by atoms with Crippen LogP contribution in [0.1, 0.15) is 16.1 Å². The van der Waals surface area contributed by atoms with Crippen LogP contribution in [0.2, 0.25) is 10.0 Å². The van der Waals surface area contributed by atoms with E-state index >= 15 is 0 Å². The number of halogens is 2. The van der Waals surface area contributed by atoms with E-state index in [0.717, 1.165) is 33.2 Å². The molecule has 0 radical (unpaired) electrons. The van der Waals surface area contributed by atoms with Gasteiger partial charge in [0.15, 0.2) is 5.58 Å². The maximum Gasteiger partial charge on any atom is 0.258 e. The summed E-state index contributed by atoms with van der Waals surface area (Å²) in [4.78, 5) is 17.5. The van der Waals surface area contributed by atoms with Gasteiger partial charge in [0.25, 0.3) is 5.91 Å². The molecule has 0 saturated heterocycles. The molecule has 0 saturated carbocycles. The minimum absolute atomic E-state index is 0.226. The van der Waals surface area contributed by atoms with Gasteiger partial charge in [-0.15, -0.1) is 0 Å². The summed E-state index contributed by atoms with van der Waals surface area (Å²) in [6.45, 7) is 1.91. The third kappa shape index (κ3) is 3.34. The first-order chi connectivity index (χ1) is 15.0. The molecule has 0 bridgehead atoms. The van der Waals surface area contributed by atoms with Crippen LogP contribution in [0.3, 0.4) is 0 Å². The van der Waals surface area contributed by atoms with E-state index in [9.17, 15) is 4.79 Å². The maximum absolute atomic E-state index is 12.9. The van der Waals surface area contributed by atoms with Crippen LogP contribution < -0.4 is 5.32 Å². The lowest BCUT2D eigenvalue weighted by molar-refractivity contribution is 0.102. The Hall–Kier alpha value is -3.34. The molecule has 2 aromatic heterocycles. The monoisotopic (exact) mass is 446 g/mol. The number of anilines is 1. The third-order valence-corrected chi connectivity index (χ3v) is 5.86. The van der Waals surface area contributed by atoms with Crippen LogP contribution in [-0.2, 0) is 0 Å². The average Bonchev–Trinajstić information content (AvgIpc) is 3.10. The van der Waals surface area contributed by atoms with Crippen molar-refractivity contribution in [2.24, 2.45) is 0 Å². The zero-order valence-corrected chi connectivity index (χ0v) is 18.0. The summed E-state index contributed by atoms with van der Waals surface area (Å²) < 4.78 is 6.12. The Morgan fingerprint density at radius 2 is 1.65 bits per heavy atom. The Bertz CT molecular complexity index is 1450. The van der Waals surface area contributed by atoms with E-state index in [4.69, 9.17) is 27.6 Å². The van der Waals surface area contributed by atoms with Gasteiger partial charge in [0.05, 0.1) is 26.8 Å². The first kappa shape index (κ1) is 19.6. The lowest BCUT2D eigenvalue weighted by Crippen LogP contribution is -2.13. The average molecular weight is 447 g/mol. The van der Waals surface area contributed by atoms with Crippen molar-refractivity contribution in [2.45, 2.75) is 6.92 Å². The van der Waals surface area contributed by atoms with Crippen molar-refractivity contribution in [3.63, 3.8) is 0 Å². The molecule has 1 amide bonds. The molecule has 6 heteroatoms. The van der Waals surface area contributed by atoms with Gasteiger partial charge < -0.3 is 9.73 Å². The number of aromatic nitrogens is 1. The van der Waals surface area contributed by atoms with Crippen molar-refractivity contribution in [1.82, 2.24) is 4.98 Å². The maximum atomic E-state index is 12.9. The fourth-order valence-corrected chi connectivity index (χ4v) is 4.45. The number of furan rings is 1. The van der Waals surface area contributed by atoms with Crippen LogP contribution >= 0.6 is 23.2 Å². The Labute approximate surface area is 188 Å². The van der Waals surface area contributed by atoms with Gasteiger partial charge in [-0.3, -0.25) is 9.78 Å².